The number of nitrogens with zero attached hydrogens (tertiary/aromatic N) is 1. The molecule has 3 rings (SSSR count). The number of ether oxygens (including phenoxy) is 1. The lowest BCUT2D eigenvalue weighted by atomic mass is 10.1. The third kappa shape index (κ3) is 3.15. The Bertz CT molecular complexity index is 957. The van der Waals surface area contributed by atoms with Crippen LogP contribution < -0.4 is 16.0 Å². The quantitative estimate of drug-likeness (QED) is 0.799. The number of benzene rings is 2. The molecule has 0 saturated heterocycles. The highest BCUT2D eigenvalue weighted by Crippen LogP contribution is 2.25. The summed E-state index contributed by atoms with van der Waals surface area (Å²) in [4.78, 5) is 16.2. The summed E-state index contributed by atoms with van der Waals surface area (Å²) >= 11 is 0. The van der Waals surface area contributed by atoms with Crippen LogP contribution in [0.2, 0.25) is 0 Å². The maximum atomic E-state index is 11.8. The molecule has 0 aliphatic rings. The lowest BCUT2D eigenvalue weighted by Gasteiger charge is -2.07. The van der Waals surface area contributed by atoms with Gasteiger partial charge < -0.3 is 14.9 Å². The van der Waals surface area contributed by atoms with Crippen LogP contribution in [0.4, 0.5) is 5.69 Å². The van der Waals surface area contributed by atoms with Crippen molar-refractivity contribution in [1.82, 2.24) is 0 Å². The topological polar surface area (TPSA) is 77.8 Å². The van der Waals surface area contributed by atoms with Crippen LogP contribution in [0.3, 0.4) is 0 Å². The van der Waals surface area contributed by atoms with Crippen molar-refractivity contribution in [2.45, 2.75) is 13.8 Å². The summed E-state index contributed by atoms with van der Waals surface area (Å²) in [6.07, 6.45) is 0. The molecule has 5 nitrogen and oxygen atoms in total. The molecule has 0 bridgehead atoms. The van der Waals surface area contributed by atoms with Crippen LogP contribution in [0.15, 0.2) is 57.9 Å². The molecule has 5 heteroatoms. The summed E-state index contributed by atoms with van der Waals surface area (Å²) in [7, 11) is 0. The van der Waals surface area contributed by atoms with Gasteiger partial charge in [-0.25, -0.2) is 4.99 Å². The molecular formula is C19H18N2O3. The minimum atomic E-state index is -0.590. The standard InChI is InChI=1S/C19H18N2O3/c1-3-23-16-6-4-5-13-11-15(18(20)22)19(24-17(13)16)21-14-9-7-12(2)8-10-14/h4-11H,3H2,1-2H3,(H2,20,22). The number of fused-ring (bicyclic) bond motifs is 1. The maximum absolute atomic E-state index is 11.8. The van der Waals surface area contributed by atoms with Gasteiger partial charge in [-0.3, -0.25) is 4.79 Å². The molecule has 2 aromatic carbocycles. The molecule has 0 radical (unpaired) electrons. The zero-order chi connectivity index (χ0) is 17.1. The molecule has 0 aliphatic carbocycles. The van der Waals surface area contributed by atoms with Gasteiger partial charge in [-0.15, -0.1) is 0 Å². The van der Waals surface area contributed by atoms with Crippen molar-refractivity contribution in [3.63, 3.8) is 0 Å². The van der Waals surface area contributed by atoms with Gasteiger partial charge in [0, 0.05) is 5.39 Å². The monoisotopic (exact) mass is 322 g/mol. The predicted molar refractivity (Wildman–Crippen MR) is 92.3 cm³/mol. The van der Waals surface area contributed by atoms with Crippen LogP contribution in [0.25, 0.3) is 11.0 Å². The van der Waals surface area contributed by atoms with Gasteiger partial charge >= 0.3 is 0 Å². The maximum Gasteiger partial charge on any atom is 0.254 e. The lowest BCUT2D eigenvalue weighted by Crippen LogP contribution is -2.21. The van der Waals surface area contributed by atoms with Crippen molar-refractivity contribution in [2.24, 2.45) is 10.7 Å². The molecule has 0 saturated carbocycles. The summed E-state index contributed by atoms with van der Waals surface area (Å²) in [6, 6.07) is 14.8. The molecule has 1 amide bonds. The molecular weight excluding hydrogens is 304 g/mol. The summed E-state index contributed by atoms with van der Waals surface area (Å²) in [5, 5.41) is 0.734. The molecule has 0 aliphatic heterocycles. The Labute approximate surface area is 139 Å². The predicted octanol–water partition coefficient (Wildman–Crippen LogP) is 3.47. The second kappa shape index (κ2) is 6.58. The number of rotatable bonds is 4. The molecule has 24 heavy (non-hydrogen) atoms. The van der Waals surface area contributed by atoms with E-state index in [9.17, 15) is 4.79 Å². The van der Waals surface area contributed by atoms with E-state index in [1.165, 1.54) is 0 Å². The Balaban J connectivity index is 2.27. The fourth-order valence-electron chi connectivity index (χ4n) is 2.39. The van der Waals surface area contributed by atoms with E-state index in [-0.39, 0.29) is 11.1 Å². The fourth-order valence-corrected chi connectivity index (χ4v) is 2.39. The number of hydrogen-bond donors (Lipinski definition) is 1. The molecule has 1 aromatic heterocycles. The third-order valence-electron chi connectivity index (χ3n) is 3.57. The van der Waals surface area contributed by atoms with Crippen molar-refractivity contribution in [2.75, 3.05) is 6.61 Å². The van der Waals surface area contributed by atoms with Crippen LogP contribution in [-0.4, -0.2) is 12.5 Å². The molecule has 122 valence electrons. The first-order valence-electron chi connectivity index (χ1n) is 7.69. The van der Waals surface area contributed by atoms with E-state index < -0.39 is 5.91 Å². The Morgan fingerprint density at radius 2 is 1.96 bits per heavy atom. The average molecular weight is 322 g/mol. The molecule has 1 heterocycles. The summed E-state index contributed by atoms with van der Waals surface area (Å²) in [6.45, 7) is 4.40. The van der Waals surface area contributed by atoms with Gasteiger partial charge in [-0.05, 0) is 38.1 Å². The molecule has 3 aromatic rings. The number of carbonyl (C=O) groups excluding carboxylic acids is 1. The average Bonchev–Trinajstić information content (AvgIpc) is 2.57. The van der Waals surface area contributed by atoms with Crippen molar-refractivity contribution >= 4 is 22.6 Å². The lowest BCUT2D eigenvalue weighted by molar-refractivity contribution is 0.0996. The first-order valence-corrected chi connectivity index (χ1v) is 7.69. The van der Waals surface area contributed by atoms with Gasteiger partial charge in [0.15, 0.2) is 11.3 Å². The van der Waals surface area contributed by atoms with Crippen molar-refractivity contribution in [3.8, 4) is 5.75 Å². The van der Waals surface area contributed by atoms with Gasteiger partial charge in [-0.1, -0.05) is 29.8 Å². The second-order valence-corrected chi connectivity index (χ2v) is 5.38. The smallest absolute Gasteiger partial charge is 0.254 e. The number of para-hydroxylation sites is 1. The SMILES string of the molecule is CCOc1cccc2cc(C(N)=O)c(=Nc3ccc(C)cc3)oc12. The van der Waals surface area contributed by atoms with Crippen LogP contribution in [0, 0.1) is 6.92 Å². The van der Waals surface area contributed by atoms with E-state index in [1.54, 1.807) is 6.07 Å². The molecule has 2 N–H and O–H groups in total. The zero-order valence-electron chi connectivity index (χ0n) is 13.6. The van der Waals surface area contributed by atoms with Gasteiger partial charge in [0.05, 0.1) is 12.3 Å². The van der Waals surface area contributed by atoms with Crippen LogP contribution in [0.5, 0.6) is 5.75 Å². The number of carbonyl (C=O) groups is 1. The number of aryl methyl sites for hydroxylation is 1. The van der Waals surface area contributed by atoms with E-state index in [2.05, 4.69) is 4.99 Å². The van der Waals surface area contributed by atoms with Crippen LogP contribution in [0.1, 0.15) is 22.8 Å². The van der Waals surface area contributed by atoms with E-state index in [4.69, 9.17) is 14.9 Å². The van der Waals surface area contributed by atoms with Gasteiger partial charge in [-0.2, -0.15) is 0 Å². The van der Waals surface area contributed by atoms with Crippen molar-refractivity contribution < 1.29 is 13.9 Å². The first-order chi connectivity index (χ1) is 11.6. The highest BCUT2D eigenvalue weighted by Gasteiger charge is 2.12. The molecule has 0 unspecified atom stereocenters. The number of nitrogens with two attached hydrogens (primary N) is 1. The van der Waals surface area contributed by atoms with Gasteiger partial charge in [0.1, 0.15) is 5.56 Å². The van der Waals surface area contributed by atoms with Crippen molar-refractivity contribution in [3.05, 3.63) is 65.2 Å². The largest absolute Gasteiger partial charge is 0.490 e. The molecule has 0 spiro atoms. The number of amides is 1. The van der Waals surface area contributed by atoms with Gasteiger partial charge in [0.2, 0.25) is 5.55 Å². The van der Waals surface area contributed by atoms with E-state index in [1.807, 2.05) is 56.3 Å². The van der Waals surface area contributed by atoms with E-state index in [0.29, 0.717) is 23.6 Å². The Morgan fingerprint density at radius 3 is 2.62 bits per heavy atom. The number of hydrogen-bond acceptors (Lipinski definition) is 4. The normalized spacial score (nSPS) is 11.7. The minimum absolute atomic E-state index is 0.172. The van der Waals surface area contributed by atoms with Crippen LogP contribution >= 0.6 is 0 Å². The minimum Gasteiger partial charge on any atom is -0.490 e. The molecule has 0 atom stereocenters. The van der Waals surface area contributed by atoms with E-state index >= 15 is 0 Å². The third-order valence-corrected chi connectivity index (χ3v) is 3.57. The first kappa shape index (κ1) is 15.8. The number of primary amides is 1. The van der Waals surface area contributed by atoms with Crippen molar-refractivity contribution in [1.29, 1.82) is 0 Å². The highest BCUT2D eigenvalue weighted by atomic mass is 16.5. The summed E-state index contributed by atoms with van der Waals surface area (Å²) in [5.74, 6) is 0.0136. The summed E-state index contributed by atoms with van der Waals surface area (Å²) in [5.41, 5.74) is 8.24. The Hall–Kier alpha value is -3.08. The molecule has 0 fully saturated rings. The van der Waals surface area contributed by atoms with E-state index in [0.717, 1.165) is 10.9 Å². The summed E-state index contributed by atoms with van der Waals surface area (Å²) < 4.78 is 11.5. The Kier molecular flexibility index (Phi) is 4.33. The second-order valence-electron chi connectivity index (χ2n) is 5.38. The van der Waals surface area contributed by atoms with Crippen LogP contribution in [-0.2, 0) is 0 Å². The Morgan fingerprint density at radius 1 is 1.21 bits per heavy atom. The zero-order valence-corrected chi connectivity index (χ0v) is 13.6. The van der Waals surface area contributed by atoms with Gasteiger partial charge in [0.25, 0.3) is 5.91 Å². The highest BCUT2D eigenvalue weighted by molar-refractivity contribution is 5.96. The fraction of sp³-hybridized carbons (Fsp3) is 0.158.